The maximum atomic E-state index is 13.4. The van der Waals surface area contributed by atoms with Gasteiger partial charge in [-0.15, -0.1) is 11.8 Å². The first-order chi connectivity index (χ1) is 9.08. The summed E-state index contributed by atoms with van der Waals surface area (Å²) in [5.74, 6) is 0.148. The zero-order chi connectivity index (χ0) is 13.8. The third-order valence-corrected chi connectivity index (χ3v) is 3.88. The van der Waals surface area contributed by atoms with Gasteiger partial charge in [0.2, 0.25) is 0 Å². The first kappa shape index (κ1) is 13.8. The lowest BCUT2D eigenvalue weighted by Gasteiger charge is -2.04. The van der Waals surface area contributed by atoms with E-state index in [0.29, 0.717) is 10.6 Å². The second-order valence-electron chi connectivity index (χ2n) is 3.76. The fourth-order valence-corrected chi connectivity index (χ4v) is 2.58. The van der Waals surface area contributed by atoms with Crippen LogP contribution in [-0.4, -0.2) is 4.92 Å². The van der Waals surface area contributed by atoms with E-state index in [2.05, 4.69) is 0 Å². The van der Waals surface area contributed by atoms with Crippen molar-refractivity contribution in [1.29, 1.82) is 0 Å². The topological polar surface area (TPSA) is 43.1 Å². The highest BCUT2D eigenvalue weighted by Crippen LogP contribution is 2.29. The van der Waals surface area contributed by atoms with Gasteiger partial charge in [0.05, 0.1) is 4.92 Å². The van der Waals surface area contributed by atoms with Gasteiger partial charge in [0, 0.05) is 16.7 Å². The summed E-state index contributed by atoms with van der Waals surface area (Å²) in [4.78, 5) is 10.7. The summed E-state index contributed by atoms with van der Waals surface area (Å²) in [6, 6.07) is 11.0. The normalized spacial score (nSPS) is 10.4. The van der Waals surface area contributed by atoms with E-state index < -0.39 is 4.92 Å². The van der Waals surface area contributed by atoms with E-state index in [1.807, 2.05) is 0 Å². The van der Waals surface area contributed by atoms with Crippen molar-refractivity contribution in [2.75, 3.05) is 0 Å². The number of nitro benzene ring substituents is 1. The highest BCUT2D eigenvalue weighted by atomic mass is 35.5. The average molecular weight is 298 g/mol. The van der Waals surface area contributed by atoms with Crippen molar-refractivity contribution in [3.8, 4) is 0 Å². The Morgan fingerprint density at radius 2 is 2.00 bits per heavy atom. The molecule has 0 heterocycles. The molecule has 0 atom stereocenters. The summed E-state index contributed by atoms with van der Waals surface area (Å²) in [5, 5.41) is 10.9. The summed E-state index contributed by atoms with van der Waals surface area (Å²) in [6.07, 6.45) is 0. The molecule has 0 spiro atoms. The Balaban J connectivity index is 2.14. The molecular formula is C13H9ClFNO2S. The number of rotatable bonds is 4. The molecule has 2 rings (SSSR count). The molecule has 0 radical (unpaired) electrons. The van der Waals surface area contributed by atoms with E-state index in [0.717, 1.165) is 5.56 Å². The first-order valence-electron chi connectivity index (χ1n) is 5.38. The van der Waals surface area contributed by atoms with Crippen LogP contribution in [0.2, 0.25) is 5.02 Å². The highest BCUT2D eigenvalue weighted by molar-refractivity contribution is 7.98. The first-order valence-corrected chi connectivity index (χ1v) is 6.74. The minimum atomic E-state index is -0.528. The third kappa shape index (κ3) is 3.45. The summed E-state index contributed by atoms with van der Waals surface area (Å²) >= 11 is 7.01. The molecule has 0 fully saturated rings. The predicted octanol–water partition coefficient (Wildman–Crippen LogP) is 4.68. The van der Waals surface area contributed by atoms with Gasteiger partial charge in [0.1, 0.15) is 10.8 Å². The molecule has 0 unspecified atom stereocenters. The minimum Gasteiger partial charge on any atom is -0.258 e. The van der Waals surface area contributed by atoms with Crippen LogP contribution in [-0.2, 0) is 5.75 Å². The summed E-state index contributed by atoms with van der Waals surface area (Å²) in [5.41, 5.74) is 0.595. The lowest BCUT2D eigenvalue weighted by Crippen LogP contribution is -1.91. The Kier molecular flexibility index (Phi) is 4.39. The van der Waals surface area contributed by atoms with Crippen molar-refractivity contribution in [2.24, 2.45) is 0 Å². The molecule has 0 aromatic heterocycles. The van der Waals surface area contributed by atoms with Crippen LogP contribution < -0.4 is 0 Å². The van der Waals surface area contributed by atoms with Gasteiger partial charge >= 0.3 is 0 Å². The van der Waals surface area contributed by atoms with E-state index in [-0.39, 0.29) is 16.5 Å². The molecule has 0 N–H and O–H groups in total. The number of benzene rings is 2. The van der Waals surface area contributed by atoms with Crippen LogP contribution in [0, 0.1) is 15.9 Å². The third-order valence-electron chi connectivity index (χ3n) is 2.44. The lowest BCUT2D eigenvalue weighted by atomic mass is 10.2. The van der Waals surface area contributed by atoms with Crippen molar-refractivity contribution in [3.63, 3.8) is 0 Å². The molecule has 0 aliphatic carbocycles. The molecule has 0 aliphatic heterocycles. The Hall–Kier alpha value is -1.59. The van der Waals surface area contributed by atoms with Crippen molar-refractivity contribution in [1.82, 2.24) is 0 Å². The number of hydrogen-bond donors (Lipinski definition) is 0. The number of halogens is 2. The monoisotopic (exact) mass is 297 g/mol. The molecule has 98 valence electrons. The molecular weight excluding hydrogens is 289 g/mol. The fourth-order valence-electron chi connectivity index (χ4n) is 1.51. The van der Waals surface area contributed by atoms with Gasteiger partial charge in [-0.2, -0.15) is 0 Å². The van der Waals surface area contributed by atoms with Crippen LogP contribution in [0.3, 0.4) is 0 Å². The van der Waals surface area contributed by atoms with Gasteiger partial charge in [-0.3, -0.25) is 10.1 Å². The largest absolute Gasteiger partial charge is 0.288 e. The van der Waals surface area contributed by atoms with E-state index >= 15 is 0 Å². The van der Waals surface area contributed by atoms with E-state index in [9.17, 15) is 14.5 Å². The molecule has 6 heteroatoms. The lowest BCUT2D eigenvalue weighted by molar-refractivity contribution is -0.384. The van der Waals surface area contributed by atoms with Gasteiger partial charge in [0.15, 0.2) is 0 Å². The van der Waals surface area contributed by atoms with E-state index in [1.165, 1.54) is 30.0 Å². The summed E-state index contributed by atoms with van der Waals surface area (Å²) in [7, 11) is 0. The predicted molar refractivity (Wildman–Crippen MR) is 74.1 cm³/mol. The van der Waals surface area contributed by atoms with Crippen LogP contribution in [0.4, 0.5) is 10.1 Å². The number of hydrogen-bond acceptors (Lipinski definition) is 3. The second kappa shape index (κ2) is 6.04. The van der Waals surface area contributed by atoms with Crippen molar-refractivity contribution in [3.05, 3.63) is 69.0 Å². The standard InChI is InChI=1S/C13H9ClFNO2S/c14-10-6-5-9(7-12(10)16(17)18)8-19-13-4-2-1-3-11(13)15/h1-7H,8H2. The molecule has 0 bridgehead atoms. The SMILES string of the molecule is O=[N+]([O-])c1cc(CSc2ccccc2F)ccc1Cl. The zero-order valence-corrected chi connectivity index (χ0v) is 11.2. The van der Waals surface area contributed by atoms with Crippen molar-refractivity contribution in [2.45, 2.75) is 10.6 Å². The van der Waals surface area contributed by atoms with Gasteiger partial charge < -0.3 is 0 Å². The van der Waals surface area contributed by atoms with Crippen molar-refractivity contribution >= 4 is 29.1 Å². The van der Waals surface area contributed by atoms with Crippen LogP contribution in [0.5, 0.6) is 0 Å². The van der Waals surface area contributed by atoms with Crippen LogP contribution in [0.15, 0.2) is 47.4 Å². The Morgan fingerprint density at radius 1 is 1.26 bits per heavy atom. The van der Waals surface area contributed by atoms with Gasteiger partial charge in [0.25, 0.3) is 5.69 Å². The van der Waals surface area contributed by atoms with Gasteiger partial charge in [-0.05, 0) is 23.8 Å². The minimum absolute atomic E-state index is 0.102. The fraction of sp³-hybridized carbons (Fsp3) is 0.0769. The zero-order valence-electron chi connectivity index (χ0n) is 9.68. The Bertz CT molecular complexity index is 621. The van der Waals surface area contributed by atoms with Crippen LogP contribution in [0.1, 0.15) is 5.56 Å². The molecule has 3 nitrogen and oxygen atoms in total. The summed E-state index contributed by atoms with van der Waals surface area (Å²) in [6.45, 7) is 0. The molecule has 0 aliphatic rings. The van der Waals surface area contributed by atoms with Crippen LogP contribution in [0.25, 0.3) is 0 Å². The van der Waals surface area contributed by atoms with Gasteiger partial charge in [-0.1, -0.05) is 29.8 Å². The molecule has 0 saturated heterocycles. The molecule has 2 aromatic rings. The quantitative estimate of drug-likeness (QED) is 0.467. The van der Waals surface area contributed by atoms with Crippen molar-refractivity contribution < 1.29 is 9.31 Å². The number of nitro groups is 1. The van der Waals surface area contributed by atoms with Gasteiger partial charge in [-0.25, -0.2) is 4.39 Å². The highest BCUT2D eigenvalue weighted by Gasteiger charge is 2.13. The smallest absolute Gasteiger partial charge is 0.258 e. The molecule has 0 amide bonds. The molecule has 2 aromatic carbocycles. The second-order valence-corrected chi connectivity index (χ2v) is 5.19. The maximum absolute atomic E-state index is 13.4. The molecule has 19 heavy (non-hydrogen) atoms. The average Bonchev–Trinajstić information content (AvgIpc) is 2.39. The van der Waals surface area contributed by atoms with Crippen LogP contribution >= 0.6 is 23.4 Å². The molecule has 0 saturated carbocycles. The number of thioether (sulfide) groups is 1. The maximum Gasteiger partial charge on any atom is 0.288 e. The Morgan fingerprint density at radius 3 is 2.68 bits per heavy atom. The van der Waals surface area contributed by atoms with E-state index in [1.54, 1.807) is 24.3 Å². The van der Waals surface area contributed by atoms with E-state index in [4.69, 9.17) is 11.6 Å². The number of nitrogens with zero attached hydrogens (tertiary/aromatic N) is 1. The Labute approximate surface area is 118 Å². The summed E-state index contributed by atoms with van der Waals surface area (Å²) < 4.78 is 13.4.